The number of rotatable bonds is 5. The van der Waals surface area contributed by atoms with Crippen LogP contribution in [0.25, 0.3) is 16.9 Å². The predicted molar refractivity (Wildman–Crippen MR) is 123 cm³/mol. The number of carbonyl (C=O) groups excluding carboxylic acids is 1. The zero-order chi connectivity index (χ0) is 21.9. The minimum absolute atomic E-state index is 0.0979. The molecule has 1 aliphatic heterocycles. The fourth-order valence-electron chi connectivity index (χ4n) is 4.31. The van der Waals surface area contributed by atoms with Gasteiger partial charge in [-0.05, 0) is 24.1 Å². The highest BCUT2D eigenvalue weighted by atomic mass is 16.2. The summed E-state index contributed by atoms with van der Waals surface area (Å²) in [4.78, 5) is 26.3. The van der Waals surface area contributed by atoms with Crippen molar-refractivity contribution in [2.75, 3.05) is 31.1 Å². The summed E-state index contributed by atoms with van der Waals surface area (Å²) in [6.45, 7) is 4.77. The van der Waals surface area contributed by atoms with Gasteiger partial charge in [-0.2, -0.15) is 4.68 Å². The van der Waals surface area contributed by atoms with Gasteiger partial charge in [-0.3, -0.25) is 4.79 Å². The lowest BCUT2D eigenvalue weighted by Gasteiger charge is -2.37. The van der Waals surface area contributed by atoms with E-state index in [4.69, 9.17) is 0 Å². The van der Waals surface area contributed by atoms with E-state index in [9.17, 15) is 4.79 Å². The topological polar surface area (TPSA) is 80.0 Å². The van der Waals surface area contributed by atoms with Crippen LogP contribution in [0.5, 0.6) is 0 Å². The van der Waals surface area contributed by atoms with E-state index in [1.807, 2.05) is 65.6 Å². The van der Waals surface area contributed by atoms with Gasteiger partial charge in [0.1, 0.15) is 6.33 Å². The highest BCUT2D eigenvalue weighted by Gasteiger charge is 2.29. The van der Waals surface area contributed by atoms with Gasteiger partial charge in [0, 0.05) is 26.2 Å². The Balaban J connectivity index is 1.33. The molecule has 2 aromatic heterocycles. The summed E-state index contributed by atoms with van der Waals surface area (Å²) in [7, 11) is 0. The summed E-state index contributed by atoms with van der Waals surface area (Å²) in [5.41, 5.74) is 3.33. The molecule has 1 aliphatic rings. The van der Waals surface area contributed by atoms with Crippen LogP contribution in [0.15, 0.2) is 67.0 Å². The molecule has 0 aliphatic carbocycles. The maximum atomic E-state index is 13.2. The molecule has 1 fully saturated rings. The SMILES string of the molecule is CCC(C(=O)N1CCN(c2ncnc3c2nnn3-c2ccccc2)CC1)c1ccccc1. The average molecular weight is 428 g/mol. The Hall–Kier alpha value is -3.81. The molecule has 32 heavy (non-hydrogen) atoms. The molecule has 2 aromatic carbocycles. The molecule has 1 unspecified atom stereocenters. The van der Waals surface area contributed by atoms with Crippen LogP contribution >= 0.6 is 0 Å². The zero-order valence-corrected chi connectivity index (χ0v) is 18.0. The van der Waals surface area contributed by atoms with Crippen molar-refractivity contribution in [3.05, 3.63) is 72.6 Å². The average Bonchev–Trinajstić information content (AvgIpc) is 3.30. The maximum absolute atomic E-state index is 13.2. The number of amides is 1. The van der Waals surface area contributed by atoms with E-state index in [1.165, 1.54) is 0 Å². The number of piperazine rings is 1. The first kappa shape index (κ1) is 20.1. The molecule has 1 amide bonds. The number of aromatic nitrogens is 5. The van der Waals surface area contributed by atoms with E-state index >= 15 is 0 Å². The molecule has 1 atom stereocenters. The van der Waals surface area contributed by atoms with Crippen molar-refractivity contribution >= 4 is 22.9 Å². The van der Waals surface area contributed by atoms with Crippen LogP contribution in [0.3, 0.4) is 0 Å². The molecule has 5 rings (SSSR count). The fraction of sp³-hybridized carbons (Fsp3) is 0.292. The molecule has 1 saturated heterocycles. The second kappa shape index (κ2) is 8.74. The van der Waals surface area contributed by atoms with Gasteiger partial charge >= 0.3 is 0 Å². The van der Waals surface area contributed by atoms with Crippen LogP contribution in [0.4, 0.5) is 5.82 Å². The Morgan fingerprint density at radius 2 is 1.62 bits per heavy atom. The Morgan fingerprint density at radius 3 is 2.31 bits per heavy atom. The van der Waals surface area contributed by atoms with Gasteiger partial charge in [-0.1, -0.05) is 60.7 Å². The van der Waals surface area contributed by atoms with Gasteiger partial charge in [-0.15, -0.1) is 5.10 Å². The minimum atomic E-state index is -0.0979. The lowest BCUT2D eigenvalue weighted by atomic mass is 9.95. The van der Waals surface area contributed by atoms with Crippen molar-refractivity contribution in [2.24, 2.45) is 0 Å². The molecule has 0 bridgehead atoms. The number of anilines is 1. The van der Waals surface area contributed by atoms with Crippen LogP contribution in [0.1, 0.15) is 24.8 Å². The first-order valence-electron chi connectivity index (χ1n) is 11.0. The van der Waals surface area contributed by atoms with Gasteiger partial charge in [0.25, 0.3) is 0 Å². The van der Waals surface area contributed by atoms with E-state index in [2.05, 4.69) is 32.1 Å². The number of hydrogen-bond acceptors (Lipinski definition) is 6. The van der Waals surface area contributed by atoms with E-state index in [0.29, 0.717) is 37.3 Å². The third-order valence-electron chi connectivity index (χ3n) is 6.02. The fourth-order valence-corrected chi connectivity index (χ4v) is 4.31. The molecule has 8 nitrogen and oxygen atoms in total. The maximum Gasteiger partial charge on any atom is 0.230 e. The minimum Gasteiger partial charge on any atom is -0.351 e. The van der Waals surface area contributed by atoms with Gasteiger partial charge < -0.3 is 9.80 Å². The number of nitrogens with zero attached hydrogens (tertiary/aromatic N) is 7. The van der Waals surface area contributed by atoms with Crippen molar-refractivity contribution in [2.45, 2.75) is 19.3 Å². The lowest BCUT2D eigenvalue weighted by Crippen LogP contribution is -2.50. The van der Waals surface area contributed by atoms with Crippen LogP contribution in [-0.2, 0) is 4.79 Å². The second-order valence-electron chi connectivity index (χ2n) is 7.89. The molecular weight excluding hydrogens is 402 g/mol. The first-order valence-corrected chi connectivity index (χ1v) is 11.0. The van der Waals surface area contributed by atoms with Crippen molar-refractivity contribution in [3.63, 3.8) is 0 Å². The summed E-state index contributed by atoms with van der Waals surface area (Å²) in [5.74, 6) is 0.861. The number of para-hydroxylation sites is 1. The summed E-state index contributed by atoms with van der Waals surface area (Å²) in [6.07, 6.45) is 2.35. The second-order valence-corrected chi connectivity index (χ2v) is 7.89. The Kier molecular flexibility index (Phi) is 5.49. The van der Waals surface area contributed by atoms with E-state index < -0.39 is 0 Å². The van der Waals surface area contributed by atoms with E-state index in [0.717, 1.165) is 23.5 Å². The number of fused-ring (bicyclic) bond motifs is 1. The first-order chi connectivity index (χ1) is 15.8. The highest BCUT2D eigenvalue weighted by molar-refractivity contribution is 5.85. The number of carbonyl (C=O) groups is 1. The summed E-state index contributed by atoms with van der Waals surface area (Å²) in [6, 6.07) is 19.9. The molecule has 4 aromatic rings. The van der Waals surface area contributed by atoms with Crippen molar-refractivity contribution in [1.82, 2.24) is 29.9 Å². The zero-order valence-electron chi connectivity index (χ0n) is 18.0. The largest absolute Gasteiger partial charge is 0.351 e. The number of benzene rings is 2. The normalized spacial score (nSPS) is 15.2. The lowest BCUT2D eigenvalue weighted by molar-refractivity contribution is -0.133. The summed E-state index contributed by atoms with van der Waals surface area (Å²) < 4.78 is 1.73. The van der Waals surface area contributed by atoms with Crippen molar-refractivity contribution in [1.29, 1.82) is 0 Å². The molecule has 0 spiro atoms. The quantitative estimate of drug-likeness (QED) is 0.487. The Bertz CT molecular complexity index is 1200. The summed E-state index contributed by atoms with van der Waals surface area (Å²) >= 11 is 0. The Morgan fingerprint density at radius 1 is 0.938 bits per heavy atom. The molecule has 0 saturated carbocycles. The van der Waals surface area contributed by atoms with E-state index in [1.54, 1.807) is 11.0 Å². The van der Waals surface area contributed by atoms with Gasteiger partial charge in [0.15, 0.2) is 17.0 Å². The molecular formula is C24H25N7O. The van der Waals surface area contributed by atoms with Crippen molar-refractivity contribution < 1.29 is 4.79 Å². The molecule has 162 valence electrons. The summed E-state index contributed by atoms with van der Waals surface area (Å²) in [5, 5.41) is 8.68. The molecule has 8 heteroatoms. The smallest absolute Gasteiger partial charge is 0.230 e. The van der Waals surface area contributed by atoms with Crippen molar-refractivity contribution in [3.8, 4) is 5.69 Å². The molecule has 0 radical (unpaired) electrons. The van der Waals surface area contributed by atoms with Gasteiger partial charge in [0.05, 0.1) is 11.6 Å². The monoisotopic (exact) mass is 427 g/mol. The number of hydrogen-bond donors (Lipinski definition) is 0. The standard InChI is InChI=1S/C24H25N7O/c1-2-20(18-9-5-3-6-10-18)24(32)30-15-13-29(14-16-30)22-21-23(26-17-25-22)31(28-27-21)19-11-7-4-8-12-19/h3-12,17,20H,2,13-16H2,1H3. The van der Waals surface area contributed by atoms with E-state index in [-0.39, 0.29) is 11.8 Å². The third kappa shape index (κ3) is 3.68. The third-order valence-corrected chi connectivity index (χ3v) is 6.02. The highest BCUT2D eigenvalue weighted by Crippen LogP contribution is 2.26. The molecule has 0 N–H and O–H groups in total. The van der Waals surface area contributed by atoms with Crippen LogP contribution < -0.4 is 4.90 Å². The van der Waals surface area contributed by atoms with Gasteiger partial charge in [0.2, 0.25) is 5.91 Å². The van der Waals surface area contributed by atoms with Crippen LogP contribution in [-0.4, -0.2) is 61.9 Å². The van der Waals surface area contributed by atoms with Gasteiger partial charge in [-0.25, -0.2) is 9.97 Å². The Labute approximate surface area is 186 Å². The molecule has 3 heterocycles. The van der Waals surface area contributed by atoms with Crippen LogP contribution in [0.2, 0.25) is 0 Å². The predicted octanol–water partition coefficient (Wildman–Crippen LogP) is 3.05. The van der Waals surface area contributed by atoms with Crippen LogP contribution in [0, 0.1) is 0 Å².